The minimum atomic E-state index is -4.25. The van der Waals surface area contributed by atoms with Crippen molar-refractivity contribution in [2.24, 2.45) is 0 Å². The van der Waals surface area contributed by atoms with E-state index in [9.17, 15) is 17.2 Å². The summed E-state index contributed by atoms with van der Waals surface area (Å²) in [5, 5.41) is 0.0719. The van der Waals surface area contributed by atoms with Crippen LogP contribution in [-0.4, -0.2) is 32.0 Å². The lowest BCUT2D eigenvalue weighted by atomic mass is 10.2. The molecule has 0 saturated carbocycles. The van der Waals surface area contributed by atoms with Crippen molar-refractivity contribution in [2.75, 3.05) is 18.5 Å². The first-order valence-corrected chi connectivity index (χ1v) is 10.0. The van der Waals surface area contributed by atoms with E-state index in [1.807, 2.05) is 0 Å². The number of halogens is 2. The predicted octanol–water partition coefficient (Wildman–Crippen LogP) is 3.23. The third-order valence-corrected chi connectivity index (χ3v) is 6.39. The van der Waals surface area contributed by atoms with Crippen LogP contribution in [0, 0.1) is 11.6 Å². The average Bonchev–Trinajstić information content (AvgIpc) is 3.22. The van der Waals surface area contributed by atoms with E-state index < -0.39 is 26.6 Å². The standard InChI is InChI=1S/C17H15F2N3O4S2/c1-25-12-4-3-11(16(7-12)26-2)9-22(17-20-10-21-27-17)28(23,24)13-5-6-14(18)15(19)8-13/h3-8,10H,9H2,1-2H3. The zero-order valence-electron chi connectivity index (χ0n) is 14.8. The molecule has 0 aliphatic rings. The molecule has 0 atom stereocenters. The Labute approximate surface area is 164 Å². The first kappa shape index (κ1) is 20.0. The number of methoxy groups -OCH3 is 2. The molecule has 0 unspecified atom stereocenters. The highest BCUT2D eigenvalue weighted by molar-refractivity contribution is 7.93. The van der Waals surface area contributed by atoms with Crippen LogP contribution in [0.3, 0.4) is 0 Å². The molecule has 1 heterocycles. The number of rotatable bonds is 7. The molecule has 0 aliphatic carbocycles. The van der Waals surface area contributed by atoms with Crippen LogP contribution < -0.4 is 13.8 Å². The SMILES string of the molecule is COc1ccc(CN(c2ncns2)S(=O)(=O)c2ccc(F)c(F)c2)c(OC)c1. The van der Waals surface area contributed by atoms with Gasteiger partial charge in [-0.05, 0) is 30.3 Å². The van der Waals surface area contributed by atoms with E-state index in [4.69, 9.17) is 9.47 Å². The minimum absolute atomic E-state index is 0.0719. The molecule has 0 saturated heterocycles. The van der Waals surface area contributed by atoms with Crippen LogP contribution in [0.2, 0.25) is 0 Å². The highest BCUT2D eigenvalue weighted by Gasteiger charge is 2.29. The van der Waals surface area contributed by atoms with Gasteiger partial charge in [-0.1, -0.05) is 0 Å². The van der Waals surface area contributed by atoms with Gasteiger partial charge in [-0.15, -0.1) is 0 Å². The Bertz CT molecular complexity index is 1080. The molecule has 7 nitrogen and oxygen atoms in total. The van der Waals surface area contributed by atoms with E-state index >= 15 is 0 Å². The topological polar surface area (TPSA) is 81.6 Å². The van der Waals surface area contributed by atoms with E-state index in [0.29, 0.717) is 23.1 Å². The molecule has 1 aromatic heterocycles. The molecule has 0 radical (unpaired) electrons. The highest BCUT2D eigenvalue weighted by Crippen LogP contribution is 2.31. The third-order valence-electron chi connectivity index (χ3n) is 3.85. The normalized spacial score (nSPS) is 11.3. The summed E-state index contributed by atoms with van der Waals surface area (Å²) in [4.78, 5) is 3.55. The van der Waals surface area contributed by atoms with Gasteiger partial charge >= 0.3 is 0 Å². The van der Waals surface area contributed by atoms with E-state index in [0.717, 1.165) is 28.0 Å². The Kier molecular flexibility index (Phi) is 5.75. The number of sulfonamides is 1. The summed E-state index contributed by atoms with van der Waals surface area (Å²) in [5.41, 5.74) is 0.518. The van der Waals surface area contributed by atoms with E-state index in [2.05, 4.69) is 9.36 Å². The summed E-state index contributed by atoms with van der Waals surface area (Å²) < 4.78 is 68.4. The molecule has 28 heavy (non-hydrogen) atoms. The Balaban J connectivity index is 2.07. The van der Waals surface area contributed by atoms with Gasteiger partial charge in [0.15, 0.2) is 11.6 Å². The molecule has 3 aromatic rings. The van der Waals surface area contributed by atoms with Crippen molar-refractivity contribution < 1.29 is 26.7 Å². The summed E-state index contributed by atoms with van der Waals surface area (Å²) >= 11 is 0.853. The van der Waals surface area contributed by atoms with Gasteiger partial charge in [0.05, 0.1) is 25.7 Å². The quantitative estimate of drug-likeness (QED) is 0.576. The summed E-state index contributed by atoms with van der Waals surface area (Å²) in [7, 11) is -1.32. The third kappa shape index (κ3) is 3.90. The zero-order valence-corrected chi connectivity index (χ0v) is 16.4. The second-order valence-corrected chi connectivity index (χ2v) is 8.11. The molecule has 11 heteroatoms. The highest BCUT2D eigenvalue weighted by atomic mass is 32.2. The van der Waals surface area contributed by atoms with Crippen molar-refractivity contribution in [3.05, 3.63) is 59.9 Å². The molecule has 0 spiro atoms. The lowest BCUT2D eigenvalue weighted by Crippen LogP contribution is -2.30. The summed E-state index contributed by atoms with van der Waals surface area (Å²) in [6.07, 6.45) is 1.21. The van der Waals surface area contributed by atoms with Crippen molar-refractivity contribution in [3.63, 3.8) is 0 Å². The molecule has 0 amide bonds. The number of hydrogen-bond donors (Lipinski definition) is 0. The Hall–Kier alpha value is -2.79. The largest absolute Gasteiger partial charge is 0.497 e. The van der Waals surface area contributed by atoms with Crippen LogP contribution in [0.4, 0.5) is 13.9 Å². The molecule has 148 valence electrons. The number of hydrogen-bond acceptors (Lipinski definition) is 7. The number of anilines is 1. The first-order valence-electron chi connectivity index (χ1n) is 7.82. The molecular formula is C17H15F2N3O4S2. The van der Waals surface area contributed by atoms with E-state index in [1.165, 1.54) is 20.5 Å². The molecule has 0 fully saturated rings. The molecule has 0 N–H and O–H groups in total. The van der Waals surface area contributed by atoms with Gasteiger partial charge in [-0.2, -0.15) is 4.37 Å². The molecule has 3 rings (SSSR count). The average molecular weight is 427 g/mol. The monoisotopic (exact) mass is 427 g/mol. The molecular weight excluding hydrogens is 412 g/mol. The maximum absolute atomic E-state index is 13.6. The van der Waals surface area contributed by atoms with Gasteiger partial charge in [-0.3, -0.25) is 0 Å². The Morgan fingerprint density at radius 1 is 1.07 bits per heavy atom. The first-order chi connectivity index (χ1) is 13.4. The van der Waals surface area contributed by atoms with Crippen molar-refractivity contribution in [2.45, 2.75) is 11.4 Å². The van der Waals surface area contributed by atoms with Crippen LogP contribution in [0.1, 0.15) is 5.56 Å². The van der Waals surface area contributed by atoms with Crippen LogP contribution >= 0.6 is 11.5 Å². The number of nitrogens with zero attached hydrogens (tertiary/aromatic N) is 3. The van der Waals surface area contributed by atoms with Gasteiger partial charge in [0.25, 0.3) is 10.0 Å². The fourth-order valence-corrected chi connectivity index (χ4v) is 4.58. The van der Waals surface area contributed by atoms with Gasteiger partial charge in [0.2, 0.25) is 5.13 Å². The van der Waals surface area contributed by atoms with E-state index in [1.54, 1.807) is 18.2 Å². The Morgan fingerprint density at radius 2 is 1.86 bits per heavy atom. The van der Waals surface area contributed by atoms with Crippen molar-refractivity contribution >= 4 is 26.7 Å². The maximum Gasteiger partial charge on any atom is 0.266 e. The van der Waals surface area contributed by atoms with Gasteiger partial charge < -0.3 is 9.47 Å². The van der Waals surface area contributed by atoms with Crippen molar-refractivity contribution in [3.8, 4) is 11.5 Å². The fourth-order valence-electron chi connectivity index (χ4n) is 2.43. The molecule has 0 bridgehead atoms. The predicted molar refractivity (Wildman–Crippen MR) is 99.2 cm³/mol. The number of benzene rings is 2. The minimum Gasteiger partial charge on any atom is -0.497 e. The summed E-state index contributed by atoms with van der Waals surface area (Å²) in [6.45, 7) is -0.163. The smallest absolute Gasteiger partial charge is 0.266 e. The van der Waals surface area contributed by atoms with Gasteiger partial charge in [0.1, 0.15) is 17.8 Å². The lowest BCUT2D eigenvalue weighted by Gasteiger charge is -2.22. The lowest BCUT2D eigenvalue weighted by molar-refractivity contribution is 0.391. The fraction of sp³-hybridized carbons (Fsp3) is 0.176. The Morgan fingerprint density at radius 3 is 2.46 bits per heavy atom. The van der Waals surface area contributed by atoms with Crippen molar-refractivity contribution in [1.82, 2.24) is 9.36 Å². The van der Waals surface area contributed by atoms with Crippen LogP contribution in [-0.2, 0) is 16.6 Å². The van der Waals surface area contributed by atoms with Crippen LogP contribution in [0.5, 0.6) is 11.5 Å². The second kappa shape index (κ2) is 8.07. The van der Waals surface area contributed by atoms with Crippen LogP contribution in [0.15, 0.2) is 47.6 Å². The van der Waals surface area contributed by atoms with E-state index in [-0.39, 0.29) is 11.7 Å². The van der Waals surface area contributed by atoms with Gasteiger partial charge in [0, 0.05) is 23.2 Å². The number of ether oxygens (including phenoxy) is 2. The molecule has 2 aromatic carbocycles. The zero-order chi connectivity index (χ0) is 20.3. The summed E-state index contributed by atoms with van der Waals surface area (Å²) in [5.74, 6) is -1.47. The molecule has 0 aliphatic heterocycles. The maximum atomic E-state index is 13.6. The van der Waals surface area contributed by atoms with Crippen LogP contribution in [0.25, 0.3) is 0 Å². The number of aromatic nitrogens is 2. The second-order valence-electron chi connectivity index (χ2n) is 5.49. The van der Waals surface area contributed by atoms with Crippen molar-refractivity contribution in [1.29, 1.82) is 0 Å². The summed E-state index contributed by atoms with van der Waals surface area (Å²) in [6, 6.07) is 7.29. The van der Waals surface area contributed by atoms with Gasteiger partial charge in [-0.25, -0.2) is 26.5 Å².